The molecule has 0 bridgehead atoms. The maximum absolute atomic E-state index is 11.2. The lowest BCUT2D eigenvalue weighted by Gasteiger charge is -2.22. The van der Waals surface area contributed by atoms with Crippen LogP contribution < -0.4 is 11.1 Å². The summed E-state index contributed by atoms with van der Waals surface area (Å²) < 4.78 is 0. The number of rotatable bonds is 5. The molecular weight excluding hydrogens is 274 g/mol. The van der Waals surface area contributed by atoms with Crippen molar-refractivity contribution in [3.63, 3.8) is 0 Å². The van der Waals surface area contributed by atoms with Crippen LogP contribution in [0.3, 0.4) is 0 Å². The molecule has 0 fully saturated rings. The average molecular weight is 291 g/mol. The Hall–Kier alpha value is -2.08. The molecule has 1 unspecified atom stereocenters. The number of nitrogens with zero attached hydrogens (tertiary/aromatic N) is 1. The monoisotopic (exact) mass is 291 g/mol. The molecule has 0 spiro atoms. The number of para-hydroxylation sites is 1. The van der Waals surface area contributed by atoms with Crippen molar-refractivity contribution in [2.45, 2.75) is 19.9 Å². The summed E-state index contributed by atoms with van der Waals surface area (Å²) in [6, 6.07) is 8.98. The van der Waals surface area contributed by atoms with E-state index in [4.69, 9.17) is 5.73 Å². The maximum atomic E-state index is 11.2. The summed E-state index contributed by atoms with van der Waals surface area (Å²) in [5, 5.41) is 16.4. The Bertz CT molecular complexity index is 596. The molecule has 0 radical (unpaired) electrons. The highest BCUT2D eigenvalue weighted by Crippen LogP contribution is 2.36. The van der Waals surface area contributed by atoms with Crippen LogP contribution in [0.1, 0.15) is 24.8 Å². The molecule has 1 aromatic carbocycles. The van der Waals surface area contributed by atoms with E-state index in [1.165, 1.54) is 0 Å². The van der Waals surface area contributed by atoms with Crippen LogP contribution in [-0.4, -0.2) is 4.92 Å². The van der Waals surface area contributed by atoms with E-state index in [1.54, 1.807) is 29.5 Å². The fourth-order valence-corrected chi connectivity index (χ4v) is 3.03. The second-order valence-corrected chi connectivity index (χ2v) is 5.86. The van der Waals surface area contributed by atoms with Crippen molar-refractivity contribution >= 4 is 28.4 Å². The highest BCUT2D eigenvalue weighted by molar-refractivity contribution is 7.10. The molecule has 6 heteroatoms. The number of benzene rings is 1. The number of hydrogen-bond donors (Lipinski definition) is 2. The zero-order valence-corrected chi connectivity index (χ0v) is 12.2. The van der Waals surface area contributed by atoms with Crippen LogP contribution in [0.15, 0.2) is 35.7 Å². The quantitative estimate of drug-likeness (QED) is 0.494. The number of anilines is 2. The maximum Gasteiger partial charge on any atom is 0.314 e. The van der Waals surface area contributed by atoms with Crippen molar-refractivity contribution in [1.82, 2.24) is 0 Å². The van der Waals surface area contributed by atoms with Gasteiger partial charge >= 0.3 is 5.69 Å². The van der Waals surface area contributed by atoms with E-state index in [-0.39, 0.29) is 17.4 Å². The second-order valence-electron chi connectivity index (χ2n) is 4.88. The number of nitrogen functional groups attached to an aromatic ring is 1. The van der Waals surface area contributed by atoms with Gasteiger partial charge in [0.25, 0.3) is 0 Å². The summed E-state index contributed by atoms with van der Waals surface area (Å²) in [5.41, 5.74) is 6.29. The molecule has 1 heterocycles. The molecule has 0 amide bonds. The fraction of sp³-hybridized carbons (Fsp3) is 0.286. The zero-order valence-electron chi connectivity index (χ0n) is 11.4. The third-order valence-electron chi connectivity index (χ3n) is 3.08. The van der Waals surface area contributed by atoms with Crippen molar-refractivity contribution in [2.24, 2.45) is 5.92 Å². The van der Waals surface area contributed by atoms with Gasteiger partial charge in [-0.3, -0.25) is 10.1 Å². The van der Waals surface area contributed by atoms with Crippen LogP contribution in [0.5, 0.6) is 0 Å². The third kappa shape index (κ3) is 2.91. The van der Waals surface area contributed by atoms with Gasteiger partial charge in [0, 0.05) is 4.88 Å². The second kappa shape index (κ2) is 5.92. The van der Waals surface area contributed by atoms with Gasteiger partial charge in [-0.2, -0.15) is 0 Å². The Morgan fingerprint density at radius 3 is 2.60 bits per heavy atom. The lowest BCUT2D eigenvalue weighted by molar-refractivity contribution is -0.383. The van der Waals surface area contributed by atoms with Gasteiger partial charge in [-0.1, -0.05) is 26.0 Å². The summed E-state index contributed by atoms with van der Waals surface area (Å²) in [7, 11) is 0. The lowest BCUT2D eigenvalue weighted by Crippen LogP contribution is -2.16. The minimum Gasteiger partial charge on any atom is -0.393 e. The van der Waals surface area contributed by atoms with Crippen LogP contribution in [0.25, 0.3) is 0 Å². The van der Waals surface area contributed by atoms with Crippen molar-refractivity contribution in [1.29, 1.82) is 0 Å². The van der Waals surface area contributed by atoms with Crippen molar-refractivity contribution < 1.29 is 4.92 Å². The van der Waals surface area contributed by atoms with Gasteiger partial charge in [0.1, 0.15) is 11.4 Å². The molecule has 0 saturated heterocycles. The SMILES string of the molecule is CC(C)C(Nc1cccc(N)c1[N+](=O)[O-])c1cccs1. The van der Waals surface area contributed by atoms with Crippen molar-refractivity contribution in [2.75, 3.05) is 11.1 Å². The Morgan fingerprint density at radius 2 is 2.05 bits per heavy atom. The van der Waals surface area contributed by atoms with Crippen LogP contribution >= 0.6 is 11.3 Å². The number of nitrogens with two attached hydrogens (primary N) is 1. The fourth-order valence-electron chi connectivity index (χ4n) is 2.08. The van der Waals surface area contributed by atoms with E-state index in [2.05, 4.69) is 19.2 Å². The predicted octanol–water partition coefficient (Wildman–Crippen LogP) is 4.05. The molecule has 0 aliphatic heterocycles. The molecule has 106 valence electrons. The molecule has 5 nitrogen and oxygen atoms in total. The van der Waals surface area contributed by atoms with Gasteiger partial charge in [0.05, 0.1) is 11.0 Å². The van der Waals surface area contributed by atoms with E-state index in [0.717, 1.165) is 4.88 Å². The predicted molar refractivity (Wildman–Crippen MR) is 83.0 cm³/mol. The lowest BCUT2D eigenvalue weighted by atomic mass is 10.0. The van der Waals surface area contributed by atoms with Crippen LogP contribution in [0.4, 0.5) is 17.1 Å². The molecule has 0 aliphatic carbocycles. The Balaban J connectivity index is 2.37. The van der Waals surface area contributed by atoms with Crippen LogP contribution in [-0.2, 0) is 0 Å². The molecular formula is C14H17N3O2S. The Morgan fingerprint density at radius 1 is 1.30 bits per heavy atom. The van der Waals surface area contributed by atoms with Gasteiger partial charge in [0.2, 0.25) is 0 Å². The summed E-state index contributed by atoms with van der Waals surface area (Å²) in [6.07, 6.45) is 0. The first kappa shape index (κ1) is 14.3. The molecule has 0 saturated carbocycles. The van der Waals surface area contributed by atoms with E-state index < -0.39 is 4.92 Å². The third-order valence-corrected chi connectivity index (χ3v) is 4.03. The largest absolute Gasteiger partial charge is 0.393 e. The number of hydrogen-bond acceptors (Lipinski definition) is 5. The van der Waals surface area contributed by atoms with E-state index >= 15 is 0 Å². The number of nitro benzene ring substituents is 1. The van der Waals surface area contributed by atoms with Crippen molar-refractivity contribution in [3.8, 4) is 0 Å². The summed E-state index contributed by atoms with van der Waals surface area (Å²) >= 11 is 1.63. The minimum atomic E-state index is -0.441. The molecule has 2 aromatic rings. The van der Waals surface area contributed by atoms with Gasteiger partial charge in [-0.15, -0.1) is 11.3 Å². The molecule has 1 atom stereocenters. The number of thiophene rings is 1. The highest BCUT2D eigenvalue weighted by atomic mass is 32.1. The molecule has 3 N–H and O–H groups in total. The Labute approximate surface area is 121 Å². The zero-order chi connectivity index (χ0) is 14.7. The summed E-state index contributed by atoms with van der Waals surface area (Å²) in [4.78, 5) is 11.9. The van der Waals surface area contributed by atoms with Gasteiger partial charge in [-0.05, 0) is 29.5 Å². The number of nitro groups is 1. The molecule has 2 rings (SSSR count). The molecule has 0 aliphatic rings. The van der Waals surface area contributed by atoms with Crippen LogP contribution in [0, 0.1) is 16.0 Å². The summed E-state index contributed by atoms with van der Waals surface area (Å²) in [6.45, 7) is 4.16. The van der Waals surface area contributed by atoms with Crippen molar-refractivity contribution in [3.05, 3.63) is 50.7 Å². The standard InChI is InChI=1S/C14H17N3O2S/c1-9(2)13(12-7-4-8-20-12)16-11-6-3-5-10(15)14(11)17(18)19/h3-9,13,16H,15H2,1-2H3. The van der Waals surface area contributed by atoms with Gasteiger partial charge < -0.3 is 11.1 Å². The van der Waals surface area contributed by atoms with E-state index in [1.807, 2.05) is 17.5 Å². The first-order chi connectivity index (χ1) is 9.50. The first-order valence-corrected chi connectivity index (χ1v) is 7.21. The number of nitrogens with one attached hydrogen (secondary N) is 1. The minimum absolute atomic E-state index is 0.0236. The molecule has 1 aromatic heterocycles. The smallest absolute Gasteiger partial charge is 0.314 e. The first-order valence-electron chi connectivity index (χ1n) is 6.33. The molecule has 20 heavy (non-hydrogen) atoms. The Kier molecular flexibility index (Phi) is 4.24. The van der Waals surface area contributed by atoms with Gasteiger partial charge in [-0.25, -0.2) is 0 Å². The highest BCUT2D eigenvalue weighted by Gasteiger charge is 2.23. The normalized spacial score (nSPS) is 12.3. The topological polar surface area (TPSA) is 81.2 Å². The summed E-state index contributed by atoms with van der Waals surface area (Å²) in [5.74, 6) is 0.301. The van der Waals surface area contributed by atoms with E-state index in [9.17, 15) is 10.1 Å². The van der Waals surface area contributed by atoms with Gasteiger partial charge in [0.15, 0.2) is 0 Å². The van der Waals surface area contributed by atoms with E-state index in [0.29, 0.717) is 11.6 Å². The average Bonchev–Trinajstić information content (AvgIpc) is 2.88. The van der Waals surface area contributed by atoms with Crippen LogP contribution in [0.2, 0.25) is 0 Å².